The molecule has 7 heteroatoms. The number of hydrogen-bond donors (Lipinski definition) is 2. The van der Waals surface area contributed by atoms with Crippen LogP contribution in [0.15, 0.2) is 42.5 Å². The van der Waals surface area contributed by atoms with Gasteiger partial charge in [-0.3, -0.25) is 9.59 Å². The van der Waals surface area contributed by atoms with E-state index in [1.54, 1.807) is 0 Å². The third-order valence-electron chi connectivity index (χ3n) is 5.79. The van der Waals surface area contributed by atoms with E-state index < -0.39 is 6.04 Å². The molecule has 32 heavy (non-hydrogen) atoms. The Morgan fingerprint density at radius 1 is 1.03 bits per heavy atom. The first-order valence-corrected chi connectivity index (χ1v) is 11.5. The van der Waals surface area contributed by atoms with Gasteiger partial charge in [0.2, 0.25) is 11.8 Å². The Kier molecular flexibility index (Phi) is 7.14. The van der Waals surface area contributed by atoms with Crippen LogP contribution < -0.4 is 25.0 Å². The largest absolute Gasteiger partial charge is 0.486 e. The molecule has 1 atom stereocenters. The van der Waals surface area contributed by atoms with Gasteiger partial charge in [-0.2, -0.15) is 0 Å². The van der Waals surface area contributed by atoms with Gasteiger partial charge in [0.1, 0.15) is 19.3 Å². The SMILES string of the molecule is CCCC(NC(=O)Cc1ccc2c(c1)OCCO2)C(=O)Nc1cccc(N2CCCC2)c1. The number of rotatable bonds is 8. The fourth-order valence-electron chi connectivity index (χ4n) is 4.17. The molecule has 2 N–H and O–H groups in total. The summed E-state index contributed by atoms with van der Waals surface area (Å²) in [6.07, 6.45) is 3.93. The molecule has 0 saturated carbocycles. The van der Waals surface area contributed by atoms with E-state index in [2.05, 4.69) is 21.6 Å². The van der Waals surface area contributed by atoms with Crippen molar-refractivity contribution < 1.29 is 19.1 Å². The van der Waals surface area contributed by atoms with Crippen molar-refractivity contribution in [2.45, 2.75) is 45.1 Å². The molecular weight excluding hydrogens is 406 g/mol. The Hall–Kier alpha value is -3.22. The van der Waals surface area contributed by atoms with Crippen LogP contribution in [0.2, 0.25) is 0 Å². The van der Waals surface area contributed by atoms with Crippen LogP contribution in [0.5, 0.6) is 11.5 Å². The summed E-state index contributed by atoms with van der Waals surface area (Å²) in [5.74, 6) is 0.962. The molecule has 170 valence electrons. The molecule has 7 nitrogen and oxygen atoms in total. The maximum Gasteiger partial charge on any atom is 0.246 e. The van der Waals surface area contributed by atoms with E-state index in [9.17, 15) is 9.59 Å². The quantitative estimate of drug-likeness (QED) is 0.661. The minimum Gasteiger partial charge on any atom is -0.486 e. The molecule has 1 fully saturated rings. The fourth-order valence-corrected chi connectivity index (χ4v) is 4.17. The zero-order valence-corrected chi connectivity index (χ0v) is 18.6. The van der Waals surface area contributed by atoms with Crippen molar-refractivity contribution in [2.75, 3.05) is 36.5 Å². The molecule has 0 aromatic heterocycles. The van der Waals surface area contributed by atoms with Gasteiger partial charge >= 0.3 is 0 Å². The number of anilines is 2. The van der Waals surface area contributed by atoms with Crippen molar-refractivity contribution in [1.29, 1.82) is 0 Å². The van der Waals surface area contributed by atoms with E-state index >= 15 is 0 Å². The molecule has 0 bridgehead atoms. The standard InChI is InChI=1S/C25H31N3O4/c1-2-6-21(25(30)26-19-7-5-8-20(17-19)28-11-3-4-12-28)27-24(29)16-18-9-10-22-23(15-18)32-14-13-31-22/h5,7-10,15,17,21H,2-4,6,11-14,16H2,1H3,(H,26,30)(H,27,29). The molecular formula is C25H31N3O4. The van der Waals surface area contributed by atoms with Gasteiger partial charge < -0.3 is 25.0 Å². The number of nitrogens with one attached hydrogen (secondary N) is 2. The highest BCUT2D eigenvalue weighted by Gasteiger charge is 2.21. The van der Waals surface area contributed by atoms with Crippen LogP contribution in [0, 0.1) is 0 Å². The number of carbonyl (C=O) groups excluding carboxylic acids is 2. The lowest BCUT2D eigenvalue weighted by atomic mass is 10.1. The second-order valence-corrected chi connectivity index (χ2v) is 8.30. The van der Waals surface area contributed by atoms with Crippen LogP contribution in [0.4, 0.5) is 11.4 Å². The predicted octanol–water partition coefficient (Wildman–Crippen LogP) is 3.52. The lowest BCUT2D eigenvalue weighted by molar-refractivity contribution is -0.126. The van der Waals surface area contributed by atoms with E-state index in [-0.39, 0.29) is 18.2 Å². The minimum atomic E-state index is -0.583. The van der Waals surface area contributed by atoms with Crippen molar-refractivity contribution >= 4 is 23.2 Å². The summed E-state index contributed by atoms with van der Waals surface area (Å²) < 4.78 is 11.1. The van der Waals surface area contributed by atoms with Crippen molar-refractivity contribution in [2.24, 2.45) is 0 Å². The monoisotopic (exact) mass is 437 g/mol. The number of hydrogen-bond acceptors (Lipinski definition) is 5. The predicted molar refractivity (Wildman–Crippen MR) is 124 cm³/mol. The lowest BCUT2D eigenvalue weighted by Gasteiger charge is -2.21. The third-order valence-corrected chi connectivity index (χ3v) is 5.79. The number of ether oxygens (including phenoxy) is 2. The van der Waals surface area contributed by atoms with Gasteiger partial charge in [-0.1, -0.05) is 25.5 Å². The van der Waals surface area contributed by atoms with E-state index in [1.807, 2.05) is 43.3 Å². The Labute approximate surface area is 189 Å². The number of benzene rings is 2. The van der Waals surface area contributed by atoms with Crippen LogP contribution in [-0.2, 0) is 16.0 Å². The summed E-state index contributed by atoms with van der Waals surface area (Å²) >= 11 is 0. The van der Waals surface area contributed by atoms with E-state index in [4.69, 9.17) is 9.47 Å². The molecule has 2 aliphatic rings. The Balaban J connectivity index is 1.36. The topological polar surface area (TPSA) is 79.9 Å². The highest BCUT2D eigenvalue weighted by molar-refractivity contribution is 5.97. The summed E-state index contributed by atoms with van der Waals surface area (Å²) in [5.41, 5.74) is 2.69. The van der Waals surface area contributed by atoms with Crippen molar-refractivity contribution in [1.82, 2.24) is 5.32 Å². The smallest absolute Gasteiger partial charge is 0.246 e. The Bertz CT molecular complexity index is 956. The van der Waals surface area contributed by atoms with Gasteiger partial charge in [-0.15, -0.1) is 0 Å². The van der Waals surface area contributed by atoms with Gasteiger partial charge in [0.15, 0.2) is 11.5 Å². The second kappa shape index (κ2) is 10.4. The number of carbonyl (C=O) groups is 2. The fraction of sp³-hybridized carbons (Fsp3) is 0.440. The summed E-state index contributed by atoms with van der Waals surface area (Å²) in [7, 11) is 0. The van der Waals surface area contributed by atoms with Crippen LogP contribution in [0.25, 0.3) is 0 Å². The van der Waals surface area contributed by atoms with Gasteiger partial charge in [-0.25, -0.2) is 0 Å². The molecule has 1 saturated heterocycles. The highest BCUT2D eigenvalue weighted by Crippen LogP contribution is 2.31. The molecule has 2 aromatic carbocycles. The zero-order chi connectivity index (χ0) is 22.3. The van der Waals surface area contributed by atoms with Gasteiger partial charge in [0.05, 0.1) is 6.42 Å². The van der Waals surface area contributed by atoms with Gasteiger partial charge in [-0.05, 0) is 55.2 Å². The average molecular weight is 438 g/mol. The van der Waals surface area contributed by atoms with Crippen molar-refractivity contribution in [3.63, 3.8) is 0 Å². The Morgan fingerprint density at radius 2 is 1.81 bits per heavy atom. The first kappa shape index (κ1) is 22.0. The van der Waals surface area contributed by atoms with Crippen molar-refractivity contribution in [3.05, 3.63) is 48.0 Å². The molecule has 0 radical (unpaired) electrons. The Morgan fingerprint density at radius 3 is 2.59 bits per heavy atom. The molecule has 2 heterocycles. The molecule has 0 spiro atoms. The summed E-state index contributed by atoms with van der Waals surface area (Å²) in [6.45, 7) is 5.13. The number of nitrogens with zero attached hydrogens (tertiary/aromatic N) is 1. The number of amides is 2. The summed E-state index contributed by atoms with van der Waals surface area (Å²) in [5, 5.41) is 5.89. The number of fused-ring (bicyclic) bond motifs is 1. The summed E-state index contributed by atoms with van der Waals surface area (Å²) in [4.78, 5) is 27.9. The van der Waals surface area contributed by atoms with Crippen LogP contribution in [0.3, 0.4) is 0 Å². The maximum atomic E-state index is 12.9. The average Bonchev–Trinajstić information content (AvgIpc) is 3.34. The first-order valence-electron chi connectivity index (χ1n) is 11.5. The third kappa shape index (κ3) is 5.52. The molecule has 4 rings (SSSR count). The lowest BCUT2D eigenvalue weighted by Crippen LogP contribution is -2.44. The molecule has 2 aromatic rings. The highest BCUT2D eigenvalue weighted by atomic mass is 16.6. The first-order chi connectivity index (χ1) is 15.6. The van der Waals surface area contributed by atoms with Crippen molar-refractivity contribution in [3.8, 4) is 11.5 Å². The van der Waals surface area contributed by atoms with E-state index in [0.717, 1.165) is 36.4 Å². The van der Waals surface area contributed by atoms with Crippen LogP contribution in [0.1, 0.15) is 38.2 Å². The molecule has 2 aliphatic heterocycles. The zero-order valence-electron chi connectivity index (χ0n) is 18.6. The molecule has 1 unspecified atom stereocenters. The van der Waals surface area contributed by atoms with E-state index in [1.165, 1.54) is 12.8 Å². The van der Waals surface area contributed by atoms with Crippen LogP contribution >= 0.6 is 0 Å². The maximum absolute atomic E-state index is 12.9. The van der Waals surface area contributed by atoms with Gasteiger partial charge in [0, 0.05) is 24.5 Å². The molecule has 2 amide bonds. The van der Waals surface area contributed by atoms with Crippen LogP contribution in [-0.4, -0.2) is 44.2 Å². The normalized spacial score (nSPS) is 15.8. The minimum absolute atomic E-state index is 0.175. The summed E-state index contributed by atoms with van der Waals surface area (Å²) in [6, 6.07) is 12.8. The van der Waals surface area contributed by atoms with E-state index in [0.29, 0.717) is 31.1 Å². The van der Waals surface area contributed by atoms with Gasteiger partial charge in [0.25, 0.3) is 0 Å². The molecule has 0 aliphatic carbocycles. The second-order valence-electron chi connectivity index (χ2n) is 8.30.